The molecule has 114 valence electrons. The summed E-state index contributed by atoms with van der Waals surface area (Å²) in [5.41, 5.74) is 0. The van der Waals surface area contributed by atoms with Crippen LogP contribution in [0.25, 0.3) is 0 Å². The molecule has 3 rings (SSSR count). The molecule has 1 N–H and O–H groups in total. The predicted octanol–water partition coefficient (Wildman–Crippen LogP) is 0.450. The van der Waals surface area contributed by atoms with Gasteiger partial charge >= 0.3 is 0 Å². The van der Waals surface area contributed by atoms with Crippen molar-refractivity contribution < 1.29 is 9.53 Å². The van der Waals surface area contributed by atoms with E-state index in [1.807, 2.05) is 0 Å². The lowest BCUT2D eigenvalue weighted by Gasteiger charge is -2.41. The highest BCUT2D eigenvalue weighted by atomic mass is 16.5. The van der Waals surface area contributed by atoms with Gasteiger partial charge in [-0.2, -0.15) is 0 Å². The van der Waals surface area contributed by atoms with Crippen molar-refractivity contribution in [1.29, 1.82) is 0 Å². The minimum absolute atomic E-state index is 0.214. The third-order valence-electron chi connectivity index (χ3n) is 4.66. The molecule has 0 radical (unpaired) electrons. The van der Waals surface area contributed by atoms with E-state index in [4.69, 9.17) is 4.74 Å². The largest absolute Gasteiger partial charge is 0.376 e. The topological polar surface area (TPSA) is 44.8 Å². The first-order chi connectivity index (χ1) is 9.70. The molecule has 1 saturated carbocycles. The Bertz CT molecular complexity index is 338. The molecule has 0 aromatic carbocycles. The Morgan fingerprint density at radius 1 is 1.20 bits per heavy atom. The number of nitrogens with zero attached hydrogens (tertiary/aromatic N) is 2. The Morgan fingerprint density at radius 3 is 2.60 bits per heavy atom. The molecule has 2 saturated heterocycles. The first-order valence-corrected chi connectivity index (χ1v) is 8.08. The van der Waals surface area contributed by atoms with Crippen molar-refractivity contribution in [2.24, 2.45) is 0 Å². The zero-order valence-electron chi connectivity index (χ0n) is 12.5. The van der Waals surface area contributed by atoms with Crippen molar-refractivity contribution in [2.75, 3.05) is 39.3 Å². The monoisotopic (exact) mass is 281 g/mol. The highest BCUT2D eigenvalue weighted by Gasteiger charge is 2.29. The van der Waals surface area contributed by atoms with Gasteiger partial charge in [-0.25, -0.2) is 0 Å². The summed E-state index contributed by atoms with van der Waals surface area (Å²) in [6, 6.07) is 1.17. The molecule has 0 aromatic heterocycles. The first kappa shape index (κ1) is 14.3. The average molecular weight is 281 g/mol. The quantitative estimate of drug-likeness (QED) is 0.813. The summed E-state index contributed by atoms with van der Waals surface area (Å²) in [6.07, 6.45) is 5.07. The molecule has 0 spiro atoms. The summed E-state index contributed by atoms with van der Waals surface area (Å²) in [5.74, 6) is 0.214. The van der Waals surface area contributed by atoms with Gasteiger partial charge in [0.25, 0.3) is 0 Å². The van der Waals surface area contributed by atoms with E-state index in [1.165, 1.54) is 25.7 Å². The van der Waals surface area contributed by atoms with E-state index in [0.29, 0.717) is 24.7 Å². The highest BCUT2D eigenvalue weighted by Crippen LogP contribution is 2.20. The molecule has 1 aliphatic carbocycles. The molecule has 0 bridgehead atoms. The fourth-order valence-corrected chi connectivity index (χ4v) is 3.32. The number of rotatable bonds is 4. The van der Waals surface area contributed by atoms with Gasteiger partial charge < -0.3 is 10.1 Å². The normalized spacial score (nSPS) is 30.4. The maximum atomic E-state index is 11.8. The van der Waals surface area contributed by atoms with E-state index in [-0.39, 0.29) is 5.91 Å². The number of likely N-dealkylation sites (tertiary alicyclic amines) is 1. The first-order valence-electron chi connectivity index (χ1n) is 8.08. The van der Waals surface area contributed by atoms with Gasteiger partial charge in [0, 0.05) is 38.3 Å². The second-order valence-electron chi connectivity index (χ2n) is 6.53. The van der Waals surface area contributed by atoms with E-state index < -0.39 is 0 Å². The van der Waals surface area contributed by atoms with Gasteiger partial charge in [-0.3, -0.25) is 14.6 Å². The second-order valence-corrected chi connectivity index (χ2v) is 6.53. The zero-order chi connectivity index (χ0) is 13.9. The Hall–Kier alpha value is -0.650. The van der Waals surface area contributed by atoms with Gasteiger partial charge in [-0.15, -0.1) is 0 Å². The van der Waals surface area contributed by atoms with Crippen LogP contribution in [0.15, 0.2) is 0 Å². The van der Waals surface area contributed by atoms with Crippen LogP contribution in [0.1, 0.15) is 32.6 Å². The summed E-state index contributed by atoms with van der Waals surface area (Å²) < 4.78 is 5.61. The molecular weight excluding hydrogens is 254 g/mol. The number of piperidine rings is 1. The lowest BCUT2D eigenvalue weighted by molar-refractivity contribution is -0.122. The third kappa shape index (κ3) is 3.93. The minimum atomic E-state index is 0.214. The van der Waals surface area contributed by atoms with Crippen LogP contribution < -0.4 is 5.32 Å². The second kappa shape index (κ2) is 6.41. The van der Waals surface area contributed by atoms with Gasteiger partial charge in [0.05, 0.1) is 19.3 Å². The average Bonchev–Trinajstić information content (AvgIpc) is 3.23. The smallest absolute Gasteiger partial charge is 0.234 e. The summed E-state index contributed by atoms with van der Waals surface area (Å²) in [4.78, 5) is 16.7. The molecule has 0 aromatic rings. The number of nitrogens with one attached hydrogen (secondary N) is 1. The minimum Gasteiger partial charge on any atom is -0.376 e. The van der Waals surface area contributed by atoms with Gasteiger partial charge in [-0.05, 0) is 32.6 Å². The maximum absolute atomic E-state index is 11.8. The SMILES string of the molecule is C[C@H]1CN(C2CCN(CC(=O)NC3CC3)CC2)CCO1. The molecule has 3 fully saturated rings. The van der Waals surface area contributed by atoms with Gasteiger partial charge in [0.1, 0.15) is 0 Å². The maximum Gasteiger partial charge on any atom is 0.234 e. The number of carbonyl (C=O) groups is 1. The Labute approximate surface area is 121 Å². The number of ether oxygens (including phenoxy) is 1. The van der Waals surface area contributed by atoms with Crippen LogP contribution in [0.4, 0.5) is 0 Å². The van der Waals surface area contributed by atoms with Crippen LogP contribution in [-0.4, -0.2) is 73.2 Å². The number of hydrogen-bond donors (Lipinski definition) is 1. The molecular formula is C15H27N3O2. The van der Waals surface area contributed by atoms with Crippen molar-refractivity contribution in [3.05, 3.63) is 0 Å². The lowest BCUT2D eigenvalue weighted by atomic mass is 10.0. The Morgan fingerprint density at radius 2 is 1.95 bits per heavy atom. The van der Waals surface area contributed by atoms with E-state index in [1.54, 1.807) is 0 Å². The number of morpholine rings is 1. The molecule has 5 heteroatoms. The summed E-state index contributed by atoms with van der Waals surface area (Å²) in [6.45, 7) is 7.84. The number of carbonyl (C=O) groups excluding carboxylic acids is 1. The predicted molar refractivity (Wildman–Crippen MR) is 77.6 cm³/mol. The highest BCUT2D eigenvalue weighted by molar-refractivity contribution is 5.78. The van der Waals surface area contributed by atoms with Crippen molar-refractivity contribution in [3.8, 4) is 0 Å². The van der Waals surface area contributed by atoms with Gasteiger partial charge in [0.2, 0.25) is 5.91 Å². The molecule has 5 nitrogen and oxygen atoms in total. The Balaban J connectivity index is 1.38. The molecule has 1 atom stereocenters. The molecule has 3 aliphatic rings. The van der Waals surface area contributed by atoms with Crippen molar-refractivity contribution in [2.45, 2.75) is 50.8 Å². The third-order valence-corrected chi connectivity index (χ3v) is 4.66. The van der Waals surface area contributed by atoms with Crippen molar-refractivity contribution >= 4 is 5.91 Å². The summed E-state index contributed by atoms with van der Waals surface area (Å²) in [5, 5.41) is 3.07. The van der Waals surface area contributed by atoms with Gasteiger partial charge in [0.15, 0.2) is 0 Å². The fourth-order valence-electron chi connectivity index (χ4n) is 3.32. The van der Waals surface area contributed by atoms with E-state index >= 15 is 0 Å². The van der Waals surface area contributed by atoms with E-state index in [9.17, 15) is 4.79 Å². The standard InChI is InChI=1S/C15H27N3O2/c1-12-10-18(8-9-20-12)14-4-6-17(7-5-14)11-15(19)16-13-2-3-13/h12-14H,2-11H2,1H3,(H,16,19)/t12-/m0/s1. The van der Waals surface area contributed by atoms with E-state index in [0.717, 1.165) is 32.8 Å². The van der Waals surface area contributed by atoms with Crippen LogP contribution in [0.5, 0.6) is 0 Å². The van der Waals surface area contributed by atoms with Crippen LogP contribution in [-0.2, 0) is 9.53 Å². The number of hydrogen-bond acceptors (Lipinski definition) is 4. The summed E-state index contributed by atoms with van der Waals surface area (Å²) >= 11 is 0. The van der Waals surface area contributed by atoms with Crippen LogP contribution in [0, 0.1) is 0 Å². The van der Waals surface area contributed by atoms with Crippen molar-refractivity contribution in [1.82, 2.24) is 15.1 Å². The molecule has 0 unspecified atom stereocenters. The fraction of sp³-hybridized carbons (Fsp3) is 0.933. The van der Waals surface area contributed by atoms with Crippen LogP contribution in [0.2, 0.25) is 0 Å². The lowest BCUT2D eigenvalue weighted by Crippen LogP contribution is -2.52. The molecule has 2 aliphatic heterocycles. The van der Waals surface area contributed by atoms with Crippen LogP contribution >= 0.6 is 0 Å². The van der Waals surface area contributed by atoms with E-state index in [2.05, 4.69) is 22.0 Å². The van der Waals surface area contributed by atoms with Gasteiger partial charge in [-0.1, -0.05) is 0 Å². The molecule has 2 heterocycles. The van der Waals surface area contributed by atoms with Crippen molar-refractivity contribution in [3.63, 3.8) is 0 Å². The van der Waals surface area contributed by atoms with Crippen LogP contribution in [0.3, 0.4) is 0 Å². The number of amides is 1. The zero-order valence-corrected chi connectivity index (χ0v) is 12.5. The summed E-state index contributed by atoms with van der Waals surface area (Å²) in [7, 11) is 0. The molecule has 1 amide bonds. The Kier molecular flexibility index (Phi) is 4.58. The molecule has 20 heavy (non-hydrogen) atoms.